The molecule has 0 aromatic carbocycles. The van der Waals surface area contributed by atoms with Gasteiger partial charge in [0.15, 0.2) is 0 Å². The Morgan fingerprint density at radius 1 is 1.18 bits per heavy atom. The van der Waals surface area contributed by atoms with E-state index < -0.39 is 0 Å². The topological polar surface area (TPSA) is 20.2 Å². The molecular weight excluding hydrogens is 136 g/mol. The average molecular weight is 150 g/mol. The van der Waals surface area contributed by atoms with Crippen molar-refractivity contribution in [3.8, 4) is 0 Å². The highest BCUT2D eigenvalue weighted by Gasteiger charge is 2.39. The minimum absolute atomic E-state index is 0.133. The molecule has 0 radical (unpaired) electrons. The van der Waals surface area contributed by atoms with Crippen molar-refractivity contribution in [3.05, 3.63) is 24.3 Å². The van der Waals surface area contributed by atoms with Gasteiger partial charge in [0.2, 0.25) is 0 Å². The van der Waals surface area contributed by atoms with E-state index in [4.69, 9.17) is 0 Å². The maximum Gasteiger partial charge on any atom is 0.0614 e. The first-order valence-electron chi connectivity index (χ1n) is 4.26. The summed E-state index contributed by atoms with van der Waals surface area (Å²) in [4.78, 5) is 0. The molecule has 11 heavy (non-hydrogen) atoms. The van der Waals surface area contributed by atoms with Crippen LogP contribution in [0.25, 0.3) is 0 Å². The Hall–Kier alpha value is -0.560. The van der Waals surface area contributed by atoms with E-state index in [-0.39, 0.29) is 6.10 Å². The molecule has 0 aliphatic heterocycles. The standard InChI is InChI=1S/C10H14O/c1-6-7(2)9-4-3-8(6)5-10(9)11/h8-11H,1-5H2/t8?,9?,10-/m1/s1. The first-order valence-corrected chi connectivity index (χ1v) is 4.26. The quantitative estimate of drug-likeness (QED) is 0.559. The molecule has 3 rings (SSSR count). The van der Waals surface area contributed by atoms with Gasteiger partial charge in [-0.25, -0.2) is 0 Å². The lowest BCUT2D eigenvalue weighted by atomic mass is 9.64. The Morgan fingerprint density at radius 2 is 1.91 bits per heavy atom. The largest absolute Gasteiger partial charge is 0.392 e. The predicted molar refractivity (Wildman–Crippen MR) is 45.1 cm³/mol. The van der Waals surface area contributed by atoms with E-state index in [1.165, 1.54) is 12.0 Å². The summed E-state index contributed by atoms with van der Waals surface area (Å²) in [7, 11) is 0. The smallest absolute Gasteiger partial charge is 0.0614 e. The fraction of sp³-hybridized carbons (Fsp3) is 0.600. The van der Waals surface area contributed by atoms with Crippen LogP contribution >= 0.6 is 0 Å². The zero-order valence-corrected chi connectivity index (χ0v) is 6.71. The number of hydrogen-bond acceptors (Lipinski definition) is 1. The van der Waals surface area contributed by atoms with Crippen LogP contribution in [0.1, 0.15) is 19.3 Å². The molecule has 3 saturated carbocycles. The summed E-state index contributed by atoms with van der Waals surface area (Å²) in [6.07, 6.45) is 3.11. The molecule has 1 heteroatoms. The van der Waals surface area contributed by atoms with Gasteiger partial charge >= 0.3 is 0 Å². The minimum Gasteiger partial charge on any atom is -0.392 e. The van der Waals surface area contributed by atoms with Crippen LogP contribution in [0, 0.1) is 11.8 Å². The van der Waals surface area contributed by atoms with Crippen molar-refractivity contribution < 1.29 is 5.11 Å². The molecule has 0 amide bonds. The average Bonchev–Trinajstić information content (AvgIpc) is 1.99. The molecule has 0 saturated heterocycles. The Balaban J connectivity index is 2.30. The Kier molecular flexibility index (Phi) is 1.43. The number of allylic oxidation sites excluding steroid dienone is 1. The highest BCUT2D eigenvalue weighted by molar-refractivity contribution is 5.36. The fourth-order valence-electron chi connectivity index (χ4n) is 2.37. The van der Waals surface area contributed by atoms with E-state index in [0.717, 1.165) is 18.4 Å². The van der Waals surface area contributed by atoms with Crippen molar-refractivity contribution in [2.75, 3.05) is 0 Å². The number of fused-ring (bicyclic) bond motifs is 3. The summed E-state index contributed by atoms with van der Waals surface area (Å²) >= 11 is 0. The maximum atomic E-state index is 9.59. The van der Waals surface area contributed by atoms with Crippen LogP contribution in [0.3, 0.4) is 0 Å². The summed E-state index contributed by atoms with van der Waals surface area (Å²) in [5.41, 5.74) is 2.31. The van der Waals surface area contributed by atoms with Crippen LogP contribution in [-0.4, -0.2) is 11.2 Å². The second kappa shape index (κ2) is 2.21. The van der Waals surface area contributed by atoms with E-state index in [9.17, 15) is 5.11 Å². The normalized spacial score (nSPS) is 43.2. The van der Waals surface area contributed by atoms with Gasteiger partial charge in [0.1, 0.15) is 0 Å². The third kappa shape index (κ3) is 0.875. The molecule has 3 atom stereocenters. The van der Waals surface area contributed by atoms with Gasteiger partial charge in [-0.3, -0.25) is 0 Å². The van der Waals surface area contributed by atoms with Gasteiger partial charge in [-0.2, -0.15) is 0 Å². The third-order valence-corrected chi connectivity index (χ3v) is 3.17. The molecular formula is C10H14O. The molecule has 60 valence electrons. The van der Waals surface area contributed by atoms with Gasteiger partial charge in [-0.15, -0.1) is 0 Å². The highest BCUT2D eigenvalue weighted by atomic mass is 16.3. The van der Waals surface area contributed by atoms with Crippen LogP contribution in [0.5, 0.6) is 0 Å². The highest BCUT2D eigenvalue weighted by Crippen LogP contribution is 2.46. The summed E-state index contributed by atoms with van der Waals surface area (Å²) in [5, 5.41) is 9.59. The molecule has 3 aliphatic rings. The van der Waals surface area contributed by atoms with Crippen LogP contribution in [0.2, 0.25) is 0 Å². The Labute approximate surface area is 67.4 Å². The second-order valence-corrected chi connectivity index (χ2v) is 3.73. The van der Waals surface area contributed by atoms with E-state index in [2.05, 4.69) is 13.2 Å². The first-order chi connectivity index (χ1) is 5.20. The summed E-state index contributed by atoms with van der Waals surface area (Å²) in [6, 6.07) is 0. The van der Waals surface area contributed by atoms with E-state index >= 15 is 0 Å². The van der Waals surface area contributed by atoms with Gasteiger partial charge in [-0.1, -0.05) is 13.2 Å². The van der Waals surface area contributed by atoms with Crippen molar-refractivity contribution in [2.24, 2.45) is 11.8 Å². The van der Waals surface area contributed by atoms with Gasteiger partial charge in [-0.05, 0) is 36.3 Å². The monoisotopic (exact) mass is 150 g/mol. The van der Waals surface area contributed by atoms with Crippen LogP contribution in [0.4, 0.5) is 0 Å². The van der Waals surface area contributed by atoms with Crippen LogP contribution in [-0.2, 0) is 0 Å². The number of hydrogen-bond donors (Lipinski definition) is 1. The molecule has 0 aromatic heterocycles. The van der Waals surface area contributed by atoms with Crippen molar-refractivity contribution in [2.45, 2.75) is 25.4 Å². The third-order valence-electron chi connectivity index (χ3n) is 3.17. The molecule has 0 spiro atoms. The molecule has 2 unspecified atom stereocenters. The number of aliphatic hydroxyl groups excluding tert-OH is 1. The van der Waals surface area contributed by atoms with Gasteiger partial charge in [0, 0.05) is 5.92 Å². The van der Waals surface area contributed by atoms with Crippen molar-refractivity contribution in [3.63, 3.8) is 0 Å². The molecule has 1 nitrogen and oxygen atoms in total. The van der Waals surface area contributed by atoms with Crippen LogP contribution in [0.15, 0.2) is 24.3 Å². The van der Waals surface area contributed by atoms with E-state index in [1.807, 2.05) is 0 Å². The summed E-state index contributed by atoms with van der Waals surface area (Å²) in [6.45, 7) is 7.97. The number of aliphatic hydroxyl groups is 1. The lowest BCUT2D eigenvalue weighted by molar-refractivity contribution is 0.0543. The molecule has 3 fully saturated rings. The zero-order valence-electron chi connectivity index (χ0n) is 6.71. The van der Waals surface area contributed by atoms with Crippen molar-refractivity contribution >= 4 is 0 Å². The van der Waals surface area contributed by atoms with Crippen LogP contribution < -0.4 is 0 Å². The van der Waals surface area contributed by atoms with E-state index in [0.29, 0.717) is 11.8 Å². The fourth-order valence-corrected chi connectivity index (χ4v) is 2.37. The molecule has 0 heterocycles. The van der Waals surface area contributed by atoms with Gasteiger partial charge < -0.3 is 5.11 Å². The van der Waals surface area contributed by atoms with Gasteiger partial charge in [0.25, 0.3) is 0 Å². The lowest BCUT2D eigenvalue weighted by Gasteiger charge is -2.43. The SMILES string of the molecule is C=C1C(=C)C2CCC1C[C@H]2O. The zero-order chi connectivity index (χ0) is 8.01. The Morgan fingerprint density at radius 3 is 2.36 bits per heavy atom. The minimum atomic E-state index is -0.133. The Bertz CT molecular complexity index is 217. The summed E-state index contributed by atoms with van der Waals surface area (Å²) in [5.74, 6) is 0.856. The second-order valence-electron chi connectivity index (χ2n) is 3.73. The maximum absolute atomic E-state index is 9.59. The molecule has 0 aromatic rings. The van der Waals surface area contributed by atoms with Crippen molar-refractivity contribution in [1.29, 1.82) is 0 Å². The molecule has 3 aliphatic carbocycles. The summed E-state index contributed by atoms with van der Waals surface area (Å²) < 4.78 is 0. The molecule has 1 N–H and O–H groups in total. The first kappa shape index (κ1) is 7.11. The predicted octanol–water partition coefficient (Wildman–Crippen LogP) is 1.89. The van der Waals surface area contributed by atoms with Gasteiger partial charge in [0.05, 0.1) is 6.10 Å². The number of rotatable bonds is 0. The van der Waals surface area contributed by atoms with Crippen molar-refractivity contribution in [1.82, 2.24) is 0 Å². The molecule has 2 bridgehead atoms. The van der Waals surface area contributed by atoms with E-state index in [1.54, 1.807) is 0 Å². The lowest BCUT2D eigenvalue weighted by Crippen LogP contribution is -2.37.